The topological polar surface area (TPSA) is 28.2 Å². The molecule has 1 N–H and O–H groups in total. The molecule has 1 aliphatic carbocycles. The number of hydrogen-bond acceptors (Lipinski definition) is 3. The van der Waals surface area contributed by atoms with E-state index in [1.807, 2.05) is 13.1 Å². The molecule has 0 aliphatic heterocycles. The van der Waals surface area contributed by atoms with Gasteiger partial charge >= 0.3 is 0 Å². The standard InChI is InChI=1S/C14H21Cl2N3/c1-17-11-4-6-12(7-5-11)19(2)9-10-3-8-13(15)18-14(10)16/h3,8,11-12,17H,4-7,9H2,1-2H3. The average molecular weight is 302 g/mol. The molecule has 3 nitrogen and oxygen atoms in total. The third-order valence-electron chi connectivity index (χ3n) is 4.04. The van der Waals surface area contributed by atoms with Crippen LogP contribution in [0.2, 0.25) is 10.3 Å². The van der Waals surface area contributed by atoms with Gasteiger partial charge in [0.05, 0.1) is 0 Å². The van der Waals surface area contributed by atoms with Crippen LogP contribution in [-0.4, -0.2) is 36.1 Å². The number of nitrogens with one attached hydrogen (secondary N) is 1. The van der Waals surface area contributed by atoms with Crippen LogP contribution >= 0.6 is 23.2 Å². The molecular weight excluding hydrogens is 281 g/mol. The first-order chi connectivity index (χ1) is 9.10. The van der Waals surface area contributed by atoms with Gasteiger partial charge in [-0.1, -0.05) is 29.3 Å². The van der Waals surface area contributed by atoms with Crippen LogP contribution in [0.3, 0.4) is 0 Å². The molecule has 1 fully saturated rings. The molecule has 0 saturated heterocycles. The Kier molecular flexibility index (Phi) is 5.46. The van der Waals surface area contributed by atoms with Crippen molar-refractivity contribution in [2.75, 3.05) is 14.1 Å². The summed E-state index contributed by atoms with van der Waals surface area (Å²) in [6, 6.07) is 5.09. The van der Waals surface area contributed by atoms with Crippen LogP contribution in [0.1, 0.15) is 31.2 Å². The number of hydrogen-bond donors (Lipinski definition) is 1. The zero-order valence-corrected chi connectivity index (χ0v) is 13.0. The summed E-state index contributed by atoms with van der Waals surface area (Å²) in [5, 5.41) is 4.33. The van der Waals surface area contributed by atoms with Crippen LogP contribution in [0, 0.1) is 0 Å². The lowest BCUT2D eigenvalue weighted by Crippen LogP contribution is -2.39. The predicted molar refractivity (Wildman–Crippen MR) is 80.8 cm³/mol. The van der Waals surface area contributed by atoms with Crippen LogP contribution < -0.4 is 5.32 Å². The zero-order valence-electron chi connectivity index (χ0n) is 11.5. The van der Waals surface area contributed by atoms with Gasteiger partial charge in [0.2, 0.25) is 0 Å². The van der Waals surface area contributed by atoms with Crippen LogP contribution in [0.25, 0.3) is 0 Å². The molecule has 1 saturated carbocycles. The number of aromatic nitrogens is 1. The fourth-order valence-corrected chi connectivity index (χ4v) is 3.17. The fraction of sp³-hybridized carbons (Fsp3) is 0.643. The predicted octanol–water partition coefficient (Wildman–Crippen LogP) is 3.35. The van der Waals surface area contributed by atoms with Gasteiger partial charge < -0.3 is 5.32 Å². The molecule has 2 rings (SSSR count). The molecule has 0 unspecified atom stereocenters. The molecule has 106 valence electrons. The quantitative estimate of drug-likeness (QED) is 0.865. The molecular formula is C14H21Cl2N3. The molecule has 0 bridgehead atoms. The first kappa shape index (κ1) is 15.0. The lowest BCUT2D eigenvalue weighted by molar-refractivity contribution is 0.170. The molecule has 0 radical (unpaired) electrons. The maximum absolute atomic E-state index is 6.13. The molecule has 5 heteroatoms. The van der Waals surface area contributed by atoms with E-state index in [-0.39, 0.29) is 0 Å². The van der Waals surface area contributed by atoms with Crippen LogP contribution in [0.15, 0.2) is 12.1 Å². The third kappa shape index (κ3) is 4.06. The molecule has 0 amide bonds. The fourth-order valence-electron chi connectivity index (χ4n) is 2.76. The Morgan fingerprint density at radius 1 is 1.26 bits per heavy atom. The Hall–Kier alpha value is -0.350. The van der Waals surface area contributed by atoms with Gasteiger partial charge in [-0.25, -0.2) is 4.98 Å². The lowest BCUT2D eigenvalue weighted by Gasteiger charge is -2.34. The maximum Gasteiger partial charge on any atom is 0.135 e. The van der Waals surface area contributed by atoms with E-state index < -0.39 is 0 Å². The number of pyridine rings is 1. The highest BCUT2D eigenvalue weighted by Crippen LogP contribution is 2.25. The smallest absolute Gasteiger partial charge is 0.135 e. The van der Waals surface area contributed by atoms with E-state index >= 15 is 0 Å². The van der Waals surface area contributed by atoms with Gasteiger partial charge in [-0.15, -0.1) is 0 Å². The van der Waals surface area contributed by atoms with Crippen molar-refractivity contribution in [3.05, 3.63) is 28.0 Å². The monoisotopic (exact) mass is 301 g/mol. The van der Waals surface area contributed by atoms with Gasteiger partial charge in [0.15, 0.2) is 0 Å². The van der Waals surface area contributed by atoms with Gasteiger partial charge in [-0.3, -0.25) is 4.90 Å². The van der Waals surface area contributed by atoms with Crippen molar-refractivity contribution in [2.24, 2.45) is 0 Å². The minimum absolute atomic E-state index is 0.450. The summed E-state index contributed by atoms with van der Waals surface area (Å²) >= 11 is 11.9. The maximum atomic E-state index is 6.13. The zero-order chi connectivity index (χ0) is 13.8. The van der Waals surface area contributed by atoms with E-state index in [1.165, 1.54) is 25.7 Å². The Balaban J connectivity index is 1.92. The second-order valence-electron chi connectivity index (χ2n) is 5.29. The van der Waals surface area contributed by atoms with Crippen LogP contribution in [0.4, 0.5) is 0 Å². The van der Waals surface area contributed by atoms with Gasteiger partial charge in [0.1, 0.15) is 10.3 Å². The average Bonchev–Trinajstić information content (AvgIpc) is 2.42. The Bertz CT molecular complexity index is 417. The summed E-state index contributed by atoms with van der Waals surface area (Å²) in [4.78, 5) is 6.47. The summed E-state index contributed by atoms with van der Waals surface area (Å²) in [6.07, 6.45) is 4.97. The highest BCUT2D eigenvalue weighted by Gasteiger charge is 2.23. The highest BCUT2D eigenvalue weighted by molar-refractivity contribution is 6.32. The number of halogens is 2. The Morgan fingerprint density at radius 3 is 2.53 bits per heavy atom. The second kappa shape index (κ2) is 6.89. The minimum Gasteiger partial charge on any atom is -0.317 e. The Labute approximate surface area is 125 Å². The lowest BCUT2D eigenvalue weighted by atomic mass is 9.90. The SMILES string of the molecule is CNC1CCC(N(C)Cc2ccc(Cl)nc2Cl)CC1. The van der Waals surface area contributed by atoms with Gasteiger partial charge in [-0.05, 0) is 45.8 Å². The van der Waals surface area contributed by atoms with Crippen molar-refractivity contribution in [3.63, 3.8) is 0 Å². The van der Waals surface area contributed by atoms with Gasteiger partial charge in [0.25, 0.3) is 0 Å². The van der Waals surface area contributed by atoms with E-state index in [0.717, 1.165) is 12.1 Å². The minimum atomic E-state index is 0.450. The largest absolute Gasteiger partial charge is 0.317 e. The van der Waals surface area contributed by atoms with Crippen LogP contribution in [0.5, 0.6) is 0 Å². The normalized spacial score (nSPS) is 23.8. The van der Waals surface area contributed by atoms with E-state index in [1.54, 1.807) is 6.07 Å². The van der Waals surface area contributed by atoms with E-state index in [4.69, 9.17) is 23.2 Å². The van der Waals surface area contributed by atoms with Crippen molar-refractivity contribution in [1.29, 1.82) is 0 Å². The van der Waals surface area contributed by atoms with E-state index in [2.05, 4.69) is 22.2 Å². The summed E-state index contributed by atoms with van der Waals surface area (Å²) in [6.45, 7) is 0.831. The summed E-state index contributed by atoms with van der Waals surface area (Å²) < 4.78 is 0. The number of nitrogens with zero attached hydrogens (tertiary/aromatic N) is 2. The van der Waals surface area contributed by atoms with E-state index in [0.29, 0.717) is 22.4 Å². The van der Waals surface area contributed by atoms with Gasteiger partial charge in [0, 0.05) is 24.2 Å². The molecule has 1 aromatic heterocycles. The molecule has 1 heterocycles. The third-order valence-corrected chi connectivity index (χ3v) is 4.58. The molecule has 1 aromatic rings. The number of rotatable bonds is 4. The first-order valence-corrected chi connectivity index (χ1v) is 7.54. The summed E-state index contributed by atoms with van der Waals surface area (Å²) in [5.74, 6) is 0. The van der Waals surface area contributed by atoms with Crippen molar-refractivity contribution in [3.8, 4) is 0 Å². The molecule has 0 atom stereocenters. The van der Waals surface area contributed by atoms with Crippen molar-refractivity contribution in [2.45, 2.75) is 44.3 Å². The highest BCUT2D eigenvalue weighted by atomic mass is 35.5. The Morgan fingerprint density at radius 2 is 1.95 bits per heavy atom. The molecule has 0 spiro atoms. The van der Waals surface area contributed by atoms with Crippen molar-refractivity contribution >= 4 is 23.2 Å². The molecule has 19 heavy (non-hydrogen) atoms. The second-order valence-corrected chi connectivity index (χ2v) is 6.04. The first-order valence-electron chi connectivity index (χ1n) is 6.78. The van der Waals surface area contributed by atoms with Crippen molar-refractivity contribution < 1.29 is 0 Å². The molecule has 1 aliphatic rings. The molecule has 0 aromatic carbocycles. The summed E-state index contributed by atoms with van der Waals surface area (Å²) in [5.41, 5.74) is 1.05. The summed E-state index contributed by atoms with van der Waals surface area (Å²) in [7, 11) is 4.21. The van der Waals surface area contributed by atoms with Crippen LogP contribution in [-0.2, 0) is 6.54 Å². The van der Waals surface area contributed by atoms with Gasteiger partial charge in [-0.2, -0.15) is 0 Å². The van der Waals surface area contributed by atoms with E-state index in [9.17, 15) is 0 Å². The van der Waals surface area contributed by atoms with Crippen molar-refractivity contribution in [1.82, 2.24) is 15.2 Å².